The maximum Gasteiger partial charge on any atom is 0.264 e. The van der Waals surface area contributed by atoms with Gasteiger partial charge in [0, 0.05) is 65.4 Å². The fourth-order valence-electron chi connectivity index (χ4n) is 14.5. The molecule has 4 nitrogen and oxygen atoms in total. The summed E-state index contributed by atoms with van der Waals surface area (Å²) in [6.07, 6.45) is 0. The summed E-state index contributed by atoms with van der Waals surface area (Å²) in [5.74, 6) is 0. The largest absolute Gasteiger partial charge is 0.454 e. The van der Waals surface area contributed by atoms with Gasteiger partial charge in [-0.25, -0.2) is 0 Å². The highest BCUT2D eigenvalue weighted by Gasteiger charge is 2.50. The topological polar surface area (TPSA) is 22.9 Å². The molecule has 0 fully saturated rings. The Bertz CT molecular complexity index is 4920. The maximum absolute atomic E-state index is 7.26. The molecule has 12 aromatic carbocycles. The van der Waals surface area contributed by atoms with Crippen LogP contribution in [0.25, 0.3) is 43.2 Å². The highest BCUT2D eigenvalue weighted by molar-refractivity contribution is 7.33. The smallest absolute Gasteiger partial charge is 0.264 e. The van der Waals surface area contributed by atoms with Crippen LogP contribution in [0.2, 0.25) is 0 Å². The first kappa shape index (κ1) is 54.5. The van der Waals surface area contributed by atoms with Gasteiger partial charge in [0.15, 0.2) is 13.7 Å². The lowest BCUT2D eigenvalue weighted by Gasteiger charge is -2.45. The molecule has 4 heterocycles. The molecule has 0 saturated carbocycles. The first-order valence-corrected chi connectivity index (χ1v) is 33.9. The molecule has 2 aliphatic rings. The molecule has 0 N–H and O–H groups in total. The minimum atomic E-state index is -3.46. The van der Waals surface area contributed by atoms with Crippen LogP contribution < -0.4 is 51.1 Å². The van der Waals surface area contributed by atoms with Crippen LogP contribution in [0, 0.1) is 0 Å². The van der Waals surface area contributed by atoms with E-state index in [0.717, 1.165) is 61.8 Å². The van der Waals surface area contributed by atoms with Gasteiger partial charge < -0.3 is 19.1 Å². The molecule has 16 rings (SSSR count). The molecular weight excluding hydrogens is 1110 g/mol. The van der Waals surface area contributed by atoms with E-state index in [1.807, 2.05) is 11.3 Å². The highest BCUT2D eigenvalue weighted by Crippen LogP contribution is 2.51. The van der Waals surface area contributed by atoms with E-state index >= 15 is 0 Å². The molecule has 0 atom stereocenters. The van der Waals surface area contributed by atoms with Gasteiger partial charge in [-0.2, -0.15) is 0 Å². The summed E-state index contributed by atoms with van der Waals surface area (Å²) < 4.78 is 9.86. The van der Waals surface area contributed by atoms with E-state index in [4.69, 9.17) is 4.42 Å². The molecule has 2 aliphatic heterocycles. The Balaban J connectivity index is 1.11. The van der Waals surface area contributed by atoms with E-state index < -0.39 is 8.07 Å². The van der Waals surface area contributed by atoms with Gasteiger partial charge >= 0.3 is 0 Å². The van der Waals surface area contributed by atoms with Crippen molar-refractivity contribution in [2.75, 3.05) is 14.7 Å². The molecule has 7 heteroatoms. The lowest BCUT2D eigenvalue weighted by Crippen LogP contribution is -2.75. The number of rotatable bonds is 10. The van der Waals surface area contributed by atoms with E-state index in [9.17, 15) is 0 Å². The van der Waals surface area contributed by atoms with E-state index in [1.165, 1.54) is 80.2 Å². The summed E-state index contributed by atoms with van der Waals surface area (Å²) in [4.78, 5) is 7.69. The van der Waals surface area contributed by atoms with Crippen LogP contribution in [0.4, 0.5) is 51.2 Å². The number of para-hydroxylation sites is 4. The number of furan rings is 1. The zero-order valence-corrected chi connectivity index (χ0v) is 52.8. The molecule has 0 amide bonds. The van der Waals surface area contributed by atoms with Crippen molar-refractivity contribution in [3.63, 3.8) is 0 Å². The molecule has 0 spiro atoms. The summed E-state index contributed by atoms with van der Waals surface area (Å²) in [5.41, 5.74) is 19.1. The van der Waals surface area contributed by atoms with E-state index in [-0.39, 0.29) is 17.5 Å². The highest BCUT2D eigenvalue weighted by atomic mass is 32.1. The SMILES string of the molecule is CC(C)(C)c1ccc(N2c3cc([Si](c4ccccc4)(c4ccccc4)c4ccccc4-c4ccccc4)cc4c3B(c3ccc(N(c5ccccc5)c5ccccc5)cc3N4c3cccc4c3oc3ccccc34)c3sc4ccc(C(C)(C)C)cc4c32)cc1. The average Bonchev–Trinajstić information content (AvgIpc) is 1.67. The first-order valence-electron chi connectivity index (χ1n) is 31.1. The lowest BCUT2D eigenvalue weighted by atomic mass is 9.36. The standard InChI is InChI=1S/C82H66BN3OSSi/c1-81(2,3)56-43-46-60(47-44-56)85-72-53-64(89(62-33-18-10-19-34-62,63-35-20-11-21-36-63)76-42-25-23-37-65(76)55-27-12-7-13-28-55)54-73-77(72)83(80-78(85)68-51-57(82(4,5)6)45-50-75(68)88-80)69-49-48-61(84(58-29-14-8-15-30-58)59-31-16-9-17-32-59)52-71(69)86(73)70-40-26-39-67-66-38-22-24-41-74(66)87-79(67)70/h7-54H,1-6H3. The Hall–Kier alpha value is -9.92. The Morgan fingerprint density at radius 1 is 0.416 bits per heavy atom. The molecule has 0 aliphatic carbocycles. The summed E-state index contributed by atoms with van der Waals surface area (Å²) in [7, 11) is -3.46. The normalized spacial score (nSPS) is 13.0. The van der Waals surface area contributed by atoms with Crippen molar-refractivity contribution in [2.24, 2.45) is 0 Å². The summed E-state index contributed by atoms with van der Waals surface area (Å²) in [6, 6.07) is 110. The number of benzene rings is 12. The molecular formula is C82H66BN3OSSi. The van der Waals surface area contributed by atoms with Gasteiger partial charge in [0.25, 0.3) is 6.71 Å². The molecule has 0 unspecified atom stereocenters. The van der Waals surface area contributed by atoms with Crippen LogP contribution in [-0.4, -0.2) is 14.8 Å². The van der Waals surface area contributed by atoms with Crippen LogP contribution in [0.5, 0.6) is 0 Å². The molecule has 14 aromatic rings. The predicted molar refractivity (Wildman–Crippen MR) is 384 cm³/mol. The van der Waals surface area contributed by atoms with Gasteiger partial charge in [-0.15, -0.1) is 11.3 Å². The fourth-order valence-corrected chi connectivity index (χ4v) is 20.8. The van der Waals surface area contributed by atoms with Gasteiger partial charge in [-0.05, 0) is 150 Å². The second kappa shape index (κ2) is 21.2. The van der Waals surface area contributed by atoms with E-state index in [1.54, 1.807) is 0 Å². The molecule has 0 radical (unpaired) electrons. The quantitative estimate of drug-likeness (QED) is 0.101. The lowest BCUT2D eigenvalue weighted by molar-refractivity contribution is 0.590. The fraction of sp³-hybridized carbons (Fsp3) is 0.0976. The first-order chi connectivity index (χ1) is 43.4. The van der Waals surface area contributed by atoms with Gasteiger partial charge in [0.05, 0.1) is 11.4 Å². The predicted octanol–water partition coefficient (Wildman–Crippen LogP) is 18.0. The molecule has 0 saturated heterocycles. The minimum absolute atomic E-state index is 0.0491. The van der Waals surface area contributed by atoms with Crippen molar-refractivity contribution in [1.82, 2.24) is 0 Å². The van der Waals surface area contributed by atoms with E-state index in [2.05, 4.69) is 347 Å². The zero-order valence-electron chi connectivity index (χ0n) is 50.9. The monoisotopic (exact) mass is 1180 g/mol. The third-order valence-electron chi connectivity index (χ3n) is 18.7. The van der Waals surface area contributed by atoms with Crippen molar-refractivity contribution < 1.29 is 4.42 Å². The Morgan fingerprint density at radius 3 is 1.63 bits per heavy atom. The number of hydrogen-bond donors (Lipinski definition) is 0. The number of thiophene rings is 1. The third-order valence-corrected chi connectivity index (χ3v) is 24.7. The van der Waals surface area contributed by atoms with Crippen molar-refractivity contribution in [3.05, 3.63) is 302 Å². The second-order valence-electron chi connectivity index (χ2n) is 26.0. The second-order valence-corrected chi connectivity index (χ2v) is 30.9. The van der Waals surface area contributed by atoms with Crippen molar-refractivity contribution in [1.29, 1.82) is 0 Å². The number of hydrogen-bond acceptors (Lipinski definition) is 5. The molecule has 2 aromatic heterocycles. The molecule has 428 valence electrons. The number of anilines is 9. The zero-order chi connectivity index (χ0) is 60.2. The van der Waals surface area contributed by atoms with Gasteiger partial charge in [0.1, 0.15) is 5.58 Å². The maximum atomic E-state index is 7.26. The van der Waals surface area contributed by atoms with Crippen LogP contribution in [0.1, 0.15) is 52.7 Å². The average molecular weight is 1180 g/mol. The van der Waals surface area contributed by atoms with Crippen LogP contribution >= 0.6 is 11.3 Å². The summed E-state index contributed by atoms with van der Waals surface area (Å²) in [5, 5.41) is 8.65. The van der Waals surface area contributed by atoms with Gasteiger partial charge in [-0.3, -0.25) is 0 Å². The Kier molecular flexibility index (Phi) is 12.9. The third kappa shape index (κ3) is 8.84. The number of nitrogens with zero attached hydrogens (tertiary/aromatic N) is 3. The van der Waals surface area contributed by atoms with Crippen molar-refractivity contribution >= 4 is 146 Å². The Labute approximate surface area is 527 Å². The summed E-state index contributed by atoms with van der Waals surface area (Å²) >= 11 is 1.95. The minimum Gasteiger partial charge on any atom is -0.454 e. The van der Waals surface area contributed by atoms with Gasteiger partial charge in [0.2, 0.25) is 0 Å². The van der Waals surface area contributed by atoms with Crippen molar-refractivity contribution in [2.45, 2.75) is 52.4 Å². The Morgan fingerprint density at radius 2 is 0.978 bits per heavy atom. The van der Waals surface area contributed by atoms with Gasteiger partial charge in [-0.1, -0.05) is 248 Å². The van der Waals surface area contributed by atoms with Crippen LogP contribution in [-0.2, 0) is 10.8 Å². The van der Waals surface area contributed by atoms with Crippen LogP contribution in [0.15, 0.2) is 296 Å². The van der Waals surface area contributed by atoms with Crippen molar-refractivity contribution in [3.8, 4) is 11.1 Å². The van der Waals surface area contributed by atoms with E-state index in [0.29, 0.717) is 0 Å². The molecule has 89 heavy (non-hydrogen) atoms. The molecule has 0 bridgehead atoms. The number of fused-ring (bicyclic) bond motifs is 9. The van der Waals surface area contributed by atoms with Crippen LogP contribution in [0.3, 0.4) is 0 Å². The summed E-state index contributed by atoms with van der Waals surface area (Å²) in [6.45, 7) is 13.8.